The maximum atomic E-state index is 10.5. The number of anilines is 1. The molecule has 2 rings (SSSR count). The van der Waals surface area contributed by atoms with Crippen molar-refractivity contribution in [1.29, 1.82) is 0 Å². The monoisotopic (exact) mass is 329 g/mol. The SMILES string of the molecule is CC.CCCNC.O=CN1CCN(c2ncc(Cl)cn2)CC1. The first-order chi connectivity index (χ1) is 10.7. The van der Waals surface area contributed by atoms with E-state index in [1.165, 1.54) is 6.42 Å². The molecular formula is C15H28ClN5O. The Morgan fingerprint density at radius 1 is 1.23 bits per heavy atom. The van der Waals surface area contributed by atoms with Gasteiger partial charge in [0.25, 0.3) is 0 Å². The van der Waals surface area contributed by atoms with Gasteiger partial charge in [-0.15, -0.1) is 0 Å². The van der Waals surface area contributed by atoms with E-state index in [9.17, 15) is 4.79 Å². The molecule has 1 aliphatic rings. The van der Waals surface area contributed by atoms with Gasteiger partial charge in [-0.3, -0.25) is 4.79 Å². The first kappa shape index (κ1) is 20.6. The fraction of sp³-hybridized carbons (Fsp3) is 0.667. The van der Waals surface area contributed by atoms with Crippen LogP contribution in [0, 0.1) is 0 Å². The largest absolute Gasteiger partial charge is 0.342 e. The van der Waals surface area contributed by atoms with E-state index in [0.29, 0.717) is 11.0 Å². The van der Waals surface area contributed by atoms with E-state index in [2.05, 4.69) is 22.2 Å². The molecule has 1 aromatic heterocycles. The average Bonchev–Trinajstić information content (AvgIpc) is 2.59. The summed E-state index contributed by atoms with van der Waals surface area (Å²) in [4.78, 5) is 22.5. The van der Waals surface area contributed by atoms with E-state index in [1.54, 1.807) is 17.3 Å². The standard InChI is InChI=1S/C9H11ClN4O.C4H11N.C2H6/c10-8-5-11-9(12-6-8)14-3-1-13(7-15)2-4-14;1-3-4-5-2;1-2/h5-7H,1-4H2;5H,3-4H2,1-2H3;1-2H3. The maximum Gasteiger partial charge on any atom is 0.225 e. The Labute approximate surface area is 138 Å². The molecule has 0 spiro atoms. The first-order valence-electron chi connectivity index (χ1n) is 7.77. The molecule has 1 aromatic rings. The zero-order chi connectivity index (χ0) is 16.8. The van der Waals surface area contributed by atoms with Crippen LogP contribution in [0.15, 0.2) is 12.4 Å². The molecule has 0 aliphatic carbocycles. The van der Waals surface area contributed by atoms with Crippen LogP contribution in [0.3, 0.4) is 0 Å². The number of piperazine rings is 1. The van der Waals surface area contributed by atoms with Gasteiger partial charge in [0, 0.05) is 26.2 Å². The molecule has 0 bridgehead atoms. The van der Waals surface area contributed by atoms with E-state index in [0.717, 1.165) is 39.1 Å². The van der Waals surface area contributed by atoms with E-state index in [1.807, 2.05) is 25.8 Å². The molecule has 0 saturated carbocycles. The smallest absolute Gasteiger partial charge is 0.225 e. The van der Waals surface area contributed by atoms with Crippen LogP contribution in [0.4, 0.5) is 5.95 Å². The number of halogens is 1. The summed E-state index contributed by atoms with van der Waals surface area (Å²) in [6, 6.07) is 0. The molecular weight excluding hydrogens is 302 g/mol. The minimum Gasteiger partial charge on any atom is -0.342 e. The topological polar surface area (TPSA) is 61.4 Å². The predicted molar refractivity (Wildman–Crippen MR) is 92.5 cm³/mol. The summed E-state index contributed by atoms with van der Waals surface area (Å²) in [5.41, 5.74) is 0. The van der Waals surface area contributed by atoms with Crippen molar-refractivity contribution in [2.24, 2.45) is 0 Å². The lowest BCUT2D eigenvalue weighted by atomic mass is 10.3. The number of hydrogen-bond donors (Lipinski definition) is 1. The lowest BCUT2D eigenvalue weighted by Crippen LogP contribution is -2.46. The minimum atomic E-state index is 0.533. The van der Waals surface area contributed by atoms with Crippen LogP contribution in [0.2, 0.25) is 5.02 Å². The molecule has 2 heterocycles. The molecule has 0 aromatic carbocycles. The van der Waals surface area contributed by atoms with Crippen molar-refractivity contribution in [3.05, 3.63) is 17.4 Å². The van der Waals surface area contributed by atoms with Crippen LogP contribution in [-0.2, 0) is 4.79 Å². The Bertz CT molecular complexity index is 378. The van der Waals surface area contributed by atoms with Crippen molar-refractivity contribution in [3.8, 4) is 0 Å². The Hall–Kier alpha value is -1.40. The van der Waals surface area contributed by atoms with Crippen LogP contribution < -0.4 is 10.2 Å². The summed E-state index contributed by atoms with van der Waals surface area (Å²) >= 11 is 5.70. The molecule has 7 heteroatoms. The minimum absolute atomic E-state index is 0.533. The normalized spacial score (nSPS) is 13.5. The van der Waals surface area contributed by atoms with Crippen molar-refractivity contribution in [3.63, 3.8) is 0 Å². The summed E-state index contributed by atoms with van der Waals surface area (Å²) in [5.74, 6) is 0.671. The molecule has 1 fully saturated rings. The van der Waals surface area contributed by atoms with E-state index in [4.69, 9.17) is 11.6 Å². The highest BCUT2D eigenvalue weighted by molar-refractivity contribution is 6.30. The Morgan fingerprint density at radius 3 is 2.14 bits per heavy atom. The number of nitrogens with one attached hydrogen (secondary N) is 1. The highest BCUT2D eigenvalue weighted by atomic mass is 35.5. The van der Waals surface area contributed by atoms with E-state index >= 15 is 0 Å². The summed E-state index contributed by atoms with van der Waals surface area (Å²) in [5, 5.41) is 3.55. The second-order valence-corrected chi connectivity index (χ2v) is 4.87. The highest BCUT2D eigenvalue weighted by Crippen LogP contribution is 2.11. The summed E-state index contributed by atoms with van der Waals surface area (Å²) in [7, 11) is 1.96. The average molecular weight is 330 g/mol. The number of amides is 1. The van der Waals surface area contributed by atoms with Crippen LogP contribution in [-0.4, -0.2) is 61.0 Å². The van der Waals surface area contributed by atoms with Gasteiger partial charge in [0.05, 0.1) is 17.4 Å². The second kappa shape index (κ2) is 13.3. The summed E-state index contributed by atoms with van der Waals surface area (Å²) in [6.07, 6.45) is 5.27. The van der Waals surface area contributed by atoms with Crippen molar-refractivity contribution >= 4 is 24.0 Å². The second-order valence-electron chi connectivity index (χ2n) is 4.43. The van der Waals surface area contributed by atoms with Gasteiger partial charge in [-0.25, -0.2) is 9.97 Å². The van der Waals surface area contributed by atoms with Gasteiger partial charge in [0.2, 0.25) is 12.4 Å². The zero-order valence-electron chi connectivity index (χ0n) is 14.0. The molecule has 1 N–H and O–H groups in total. The van der Waals surface area contributed by atoms with Crippen LogP contribution in [0.25, 0.3) is 0 Å². The summed E-state index contributed by atoms with van der Waals surface area (Å²) < 4.78 is 0. The van der Waals surface area contributed by atoms with Gasteiger partial charge >= 0.3 is 0 Å². The number of nitrogens with zero attached hydrogens (tertiary/aromatic N) is 4. The molecule has 126 valence electrons. The van der Waals surface area contributed by atoms with Gasteiger partial charge < -0.3 is 15.1 Å². The van der Waals surface area contributed by atoms with E-state index in [-0.39, 0.29) is 0 Å². The number of hydrogen-bond acceptors (Lipinski definition) is 5. The predicted octanol–water partition coefficient (Wildman–Crippen LogP) is 2.05. The molecule has 1 amide bonds. The number of rotatable bonds is 4. The Balaban J connectivity index is 0.000000540. The maximum absolute atomic E-state index is 10.5. The van der Waals surface area contributed by atoms with Gasteiger partial charge in [-0.05, 0) is 20.0 Å². The van der Waals surface area contributed by atoms with Gasteiger partial charge in [0.1, 0.15) is 0 Å². The fourth-order valence-electron chi connectivity index (χ4n) is 1.75. The molecule has 6 nitrogen and oxygen atoms in total. The van der Waals surface area contributed by atoms with Crippen molar-refractivity contribution in [1.82, 2.24) is 20.2 Å². The first-order valence-corrected chi connectivity index (χ1v) is 8.15. The van der Waals surface area contributed by atoms with Crippen molar-refractivity contribution in [2.45, 2.75) is 27.2 Å². The van der Waals surface area contributed by atoms with Crippen LogP contribution in [0.1, 0.15) is 27.2 Å². The van der Waals surface area contributed by atoms with E-state index < -0.39 is 0 Å². The lowest BCUT2D eigenvalue weighted by molar-refractivity contribution is -0.118. The van der Waals surface area contributed by atoms with Crippen LogP contribution >= 0.6 is 11.6 Å². The number of carbonyl (C=O) groups is 1. The third-order valence-electron chi connectivity index (χ3n) is 2.85. The van der Waals surface area contributed by atoms with Gasteiger partial charge in [-0.1, -0.05) is 32.4 Å². The molecule has 0 unspecified atom stereocenters. The molecule has 22 heavy (non-hydrogen) atoms. The molecule has 0 atom stereocenters. The zero-order valence-corrected chi connectivity index (χ0v) is 14.8. The Morgan fingerprint density at radius 2 is 1.77 bits per heavy atom. The number of aromatic nitrogens is 2. The molecule has 1 aliphatic heterocycles. The molecule has 0 radical (unpaired) electrons. The molecule has 1 saturated heterocycles. The summed E-state index contributed by atoms with van der Waals surface area (Å²) in [6.45, 7) is 10.3. The van der Waals surface area contributed by atoms with Crippen LogP contribution in [0.5, 0.6) is 0 Å². The Kier molecular flexibility index (Phi) is 12.4. The van der Waals surface area contributed by atoms with Crippen molar-refractivity contribution < 1.29 is 4.79 Å². The fourth-order valence-corrected chi connectivity index (χ4v) is 1.84. The van der Waals surface area contributed by atoms with Gasteiger partial charge in [0.15, 0.2) is 0 Å². The van der Waals surface area contributed by atoms with Crippen molar-refractivity contribution in [2.75, 3.05) is 44.7 Å². The third-order valence-corrected chi connectivity index (χ3v) is 3.05. The quantitative estimate of drug-likeness (QED) is 0.857. The number of carbonyl (C=O) groups excluding carboxylic acids is 1. The lowest BCUT2D eigenvalue weighted by Gasteiger charge is -2.32. The van der Waals surface area contributed by atoms with Gasteiger partial charge in [-0.2, -0.15) is 0 Å². The third kappa shape index (κ3) is 8.14. The highest BCUT2D eigenvalue weighted by Gasteiger charge is 2.17.